The number of hydrogen-bond acceptors (Lipinski definition) is 1. The smallest absolute Gasteiger partial charge is 0.326 e. The summed E-state index contributed by atoms with van der Waals surface area (Å²) in [6.07, 6.45) is -3.70. The van der Waals surface area contributed by atoms with Crippen molar-refractivity contribution >= 4 is 0 Å². The minimum atomic E-state index is -4.28. The summed E-state index contributed by atoms with van der Waals surface area (Å²) in [5.41, 5.74) is 5.90. The molecule has 1 aromatic rings. The zero-order valence-corrected chi connectivity index (χ0v) is 7.86. The van der Waals surface area contributed by atoms with Crippen LogP contribution in [0.25, 0.3) is 0 Å². The van der Waals surface area contributed by atoms with E-state index in [1.165, 1.54) is 6.07 Å². The molecule has 0 saturated carbocycles. The van der Waals surface area contributed by atoms with Gasteiger partial charge in [-0.3, -0.25) is 0 Å². The summed E-state index contributed by atoms with van der Waals surface area (Å²) >= 11 is 0. The molecular formula is C10H12F3N. The van der Waals surface area contributed by atoms with Gasteiger partial charge in [0.25, 0.3) is 0 Å². The Morgan fingerprint density at radius 3 is 2.14 bits per heavy atom. The maximum absolute atomic E-state index is 12.4. The molecule has 14 heavy (non-hydrogen) atoms. The Bertz CT molecular complexity index is 295. The summed E-state index contributed by atoms with van der Waals surface area (Å²) in [5.74, 6) is 0. The van der Waals surface area contributed by atoms with Crippen molar-refractivity contribution in [2.24, 2.45) is 5.73 Å². The standard InChI is InChI=1S/C10H12F3N/c1-2-7-3-8(6-14)5-9(4-7)10(11,12)13/h3-5H,2,6,14H2,1H3. The highest BCUT2D eigenvalue weighted by Crippen LogP contribution is 2.30. The monoisotopic (exact) mass is 203 g/mol. The zero-order chi connectivity index (χ0) is 10.8. The van der Waals surface area contributed by atoms with E-state index in [4.69, 9.17) is 5.73 Å². The van der Waals surface area contributed by atoms with Gasteiger partial charge in [0.1, 0.15) is 0 Å². The Hall–Kier alpha value is -1.03. The topological polar surface area (TPSA) is 26.0 Å². The molecule has 0 aliphatic carbocycles. The molecule has 1 aromatic carbocycles. The second-order valence-corrected chi connectivity index (χ2v) is 3.09. The molecule has 0 amide bonds. The van der Waals surface area contributed by atoms with Gasteiger partial charge in [-0.05, 0) is 29.7 Å². The summed E-state index contributed by atoms with van der Waals surface area (Å²) in [4.78, 5) is 0. The first kappa shape index (κ1) is 11.0. The molecule has 0 aromatic heterocycles. The van der Waals surface area contributed by atoms with Crippen molar-refractivity contribution in [1.29, 1.82) is 0 Å². The summed E-state index contributed by atoms with van der Waals surface area (Å²) in [7, 11) is 0. The Morgan fingerprint density at radius 2 is 1.71 bits per heavy atom. The second-order valence-electron chi connectivity index (χ2n) is 3.09. The lowest BCUT2D eigenvalue weighted by Crippen LogP contribution is -2.08. The lowest BCUT2D eigenvalue weighted by Gasteiger charge is -2.10. The third kappa shape index (κ3) is 2.48. The molecule has 4 heteroatoms. The van der Waals surface area contributed by atoms with E-state index in [1.807, 2.05) is 6.92 Å². The predicted octanol–water partition coefficient (Wildman–Crippen LogP) is 2.73. The third-order valence-corrected chi connectivity index (χ3v) is 2.02. The summed E-state index contributed by atoms with van der Waals surface area (Å²) in [5, 5.41) is 0. The normalized spacial score (nSPS) is 11.8. The molecule has 1 nitrogen and oxygen atoms in total. The maximum Gasteiger partial charge on any atom is 0.416 e. The highest BCUT2D eigenvalue weighted by atomic mass is 19.4. The molecule has 0 aliphatic rings. The number of aryl methyl sites for hydroxylation is 1. The number of halogens is 3. The first-order valence-corrected chi connectivity index (χ1v) is 4.37. The van der Waals surface area contributed by atoms with Crippen LogP contribution in [0, 0.1) is 0 Å². The lowest BCUT2D eigenvalue weighted by molar-refractivity contribution is -0.137. The van der Waals surface area contributed by atoms with Gasteiger partial charge in [-0.25, -0.2) is 0 Å². The lowest BCUT2D eigenvalue weighted by atomic mass is 10.0. The van der Waals surface area contributed by atoms with Crippen molar-refractivity contribution in [2.75, 3.05) is 0 Å². The van der Waals surface area contributed by atoms with E-state index in [1.54, 1.807) is 6.07 Å². The van der Waals surface area contributed by atoms with Crippen LogP contribution in [-0.4, -0.2) is 0 Å². The van der Waals surface area contributed by atoms with Crippen LogP contribution in [0.4, 0.5) is 13.2 Å². The Balaban J connectivity index is 3.17. The average molecular weight is 203 g/mol. The molecule has 0 fully saturated rings. The first-order chi connectivity index (χ1) is 6.47. The molecule has 2 N–H and O–H groups in total. The van der Waals surface area contributed by atoms with Crippen molar-refractivity contribution in [3.8, 4) is 0 Å². The van der Waals surface area contributed by atoms with E-state index in [-0.39, 0.29) is 6.54 Å². The molecule has 0 bridgehead atoms. The van der Waals surface area contributed by atoms with Gasteiger partial charge in [0.15, 0.2) is 0 Å². The average Bonchev–Trinajstić information content (AvgIpc) is 2.15. The van der Waals surface area contributed by atoms with Crippen LogP contribution in [0.3, 0.4) is 0 Å². The van der Waals surface area contributed by atoms with Crippen molar-refractivity contribution in [2.45, 2.75) is 26.1 Å². The largest absolute Gasteiger partial charge is 0.416 e. The second kappa shape index (κ2) is 4.00. The summed E-state index contributed by atoms with van der Waals surface area (Å²) < 4.78 is 37.1. The van der Waals surface area contributed by atoms with Crippen LogP contribution >= 0.6 is 0 Å². The summed E-state index contributed by atoms with van der Waals surface area (Å²) in [6, 6.07) is 3.97. The molecule has 0 atom stereocenters. The highest BCUT2D eigenvalue weighted by molar-refractivity contribution is 5.31. The van der Waals surface area contributed by atoms with E-state index < -0.39 is 11.7 Å². The van der Waals surface area contributed by atoms with Crippen LogP contribution in [-0.2, 0) is 19.1 Å². The van der Waals surface area contributed by atoms with Crippen LogP contribution in [0.1, 0.15) is 23.6 Å². The fourth-order valence-electron chi connectivity index (χ4n) is 1.25. The van der Waals surface area contributed by atoms with E-state index in [9.17, 15) is 13.2 Å². The molecule has 0 saturated heterocycles. The van der Waals surface area contributed by atoms with E-state index in [2.05, 4.69) is 0 Å². The molecule has 1 rings (SSSR count). The fourth-order valence-corrected chi connectivity index (χ4v) is 1.25. The maximum atomic E-state index is 12.4. The minimum Gasteiger partial charge on any atom is -0.326 e. The number of hydrogen-bond donors (Lipinski definition) is 1. The molecule has 0 unspecified atom stereocenters. The van der Waals surface area contributed by atoms with Crippen LogP contribution in [0.5, 0.6) is 0 Å². The fraction of sp³-hybridized carbons (Fsp3) is 0.400. The van der Waals surface area contributed by atoms with Gasteiger partial charge in [0.05, 0.1) is 5.56 Å². The van der Waals surface area contributed by atoms with Crippen molar-refractivity contribution in [3.05, 3.63) is 34.9 Å². The molecule has 0 radical (unpaired) electrons. The quantitative estimate of drug-likeness (QED) is 0.785. The number of nitrogens with two attached hydrogens (primary N) is 1. The van der Waals surface area contributed by atoms with Gasteiger partial charge in [-0.15, -0.1) is 0 Å². The van der Waals surface area contributed by atoms with Crippen molar-refractivity contribution < 1.29 is 13.2 Å². The number of alkyl halides is 3. The predicted molar refractivity (Wildman–Crippen MR) is 48.7 cm³/mol. The van der Waals surface area contributed by atoms with Gasteiger partial charge >= 0.3 is 6.18 Å². The van der Waals surface area contributed by atoms with E-state index in [0.717, 1.165) is 6.07 Å². The van der Waals surface area contributed by atoms with E-state index >= 15 is 0 Å². The van der Waals surface area contributed by atoms with Crippen molar-refractivity contribution in [3.63, 3.8) is 0 Å². The number of rotatable bonds is 2. The molecule has 0 aliphatic heterocycles. The third-order valence-electron chi connectivity index (χ3n) is 2.02. The molecule has 0 spiro atoms. The Labute approximate surface area is 80.7 Å². The number of benzene rings is 1. The van der Waals surface area contributed by atoms with Crippen LogP contribution in [0.2, 0.25) is 0 Å². The van der Waals surface area contributed by atoms with Gasteiger partial charge in [-0.2, -0.15) is 13.2 Å². The first-order valence-electron chi connectivity index (χ1n) is 4.37. The van der Waals surface area contributed by atoms with Crippen molar-refractivity contribution in [1.82, 2.24) is 0 Å². The van der Waals surface area contributed by atoms with Crippen LogP contribution in [0.15, 0.2) is 18.2 Å². The van der Waals surface area contributed by atoms with Gasteiger partial charge in [0, 0.05) is 6.54 Å². The van der Waals surface area contributed by atoms with Gasteiger partial charge in [0.2, 0.25) is 0 Å². The van der Waals surface area contributed by atoms with E-state index in [0.29, 0.717) is 17.5 Å². The van der Waals surface area contributed by atoms with Crippen LogP contribution < -0.4 is 5.73 Å². The van der Waals surface area contributed by atoms with Gasteiger partial charge in [-0.1, -0.05) is 13.0 Å². The SMILES string of the molecule is CCc1cc(CN)cc(C(F)(F)F)c1. The Kier molecular flexibility index (Phi) is 3.16. The Morgan fingerprint density at radius 1 is 1.14 bits per heavy atom. The van der Waals surface area contributed by atoms with Gasteiger partial charge < -0.3 is 5.73 Å². The molecular weight excluding hydrogens is 191 g/mol. The molecule has 0 heterocycles. The highest BCUT2D eigenvalue weighted by Gasteiger charge is 2.30. The summed E-state index contributed by atoms with van der Waals surface area (Å²) in [6.45, 7) is 1.95. The molecule has 78 valence electrons. The minimum absolute atomic E-state index is 0.136. The zero-order valence-electron chi connectivity index (χ0n) is 7.86.